The number of rotatable bonds is 45. The molecule has 0 spiro atoms. The van der Waals surface area contributed by atoms with Crippen LogP contribution in [0.2, 0.25) is 6.82 Å². The molecule has 10 atom stereocenters. The Kier molecular flexibility index (Phi) is 46.3. The van der Waals surface area contributed by atoms with E-state index in [9.17, 15) is 133 Å². The minimum Gasteiger partial charge on any atom is -0.449 e. The van der Waals surface area contributed by atoms with Gasteiger partial charge in [-0.05, 0) is 142 Å². The largest absolute Gasteiger partial charge is 0.475 e. The van der Waals surface area contributed by atoms with Crippen LogP contribution in [0.15, 0.2) is 78.3 Å². The van der Waals surface area contributed by atoms with Gasteiger partial charge in [-0.2, -0.15) is 13.2 Å². The quantitative estimate of drug-likeness (QED) is 0.00991. The summed E-state index contributed by atoms with van der Waals surface area (Å²) < 4.78 is 119. The van der Waals surface area contributed by atoms with E-state index >= 15 is 0 Å². The molecule has 32 nitrogen and oxygen atoms in total. The Balaban J connectivity index is 0.000000261. The van der Waals surface area contributed by atoms with E-state index in [0.717, 1.165) is 59.8 Å². The lowest BCUT2D eigenvalue weighted by Crippen LogP contribution is -2.53. The molecule has 5 aliphatic rings. The molecule has 2 aromatic heterocycles. The molecule has 47 heteroatoms. The number of pyridine rings is 1. The van der Waals surface area contributed by atoms with Crippen LogP contribution in [0.25, 0.3) is 4.85 Å². The second-order valence-corrected chi connectivity index (χ2v) is 37.4. The number of nitrogens with one attached hydrogen (secondary N) is 5. The molecule has 5 fully saturated rings. The lowest BCUT2D eigenvalue weighted by atomic mass is 9.61. The fraction of sp³-hybridized carbons (Fsp3) is 0.584. The number of benzene rings is 3. The van der Waals surface area contributed by atoms with E-state index in [2.05, 4.69) is 41.4 Å². The monoisotopic (exact) mass is 1940 g/mol. The maximum absolute atomic E-state index is 14.2. The third kappa shape index (κ3) is 36.7. The summed E-state index contributed by atoms with van der Waals surface area (Å²) in [7, 11) is -6.71. The van der Waals surface area contributed by atoms with E-state index in [4.69, 9.17) is 6.57 Å². The van der Waals surface area contributed by atoms with Crippen LogP contribution in [0.1, 0.15) is 203 Å². The number of carbonyl (C=O) groups excluding carboxylic acids is 10. The number of aromatic nitrogens is 2. The highest BCUT2D eigenvalue weighted by molar-refractivity contribution is 7.13. The molecule has 0 bridgehead atoms. The van der Waals surface area contributed by atoms with Gasteiger partial charge in [-0.15, -0.1) is 11.3 Å². The van der Waals surface area contributed by atoms with Crippen molar-refractivity contribution in [1.29, 1.82) is 0 Å². The fourth-order valence-corrected chi connectivity index (χ4v) is 16.5. The molecule has 0 saturated carbocycles. The van der Waals surface area contributed by atoms with Gasteiger partial charge in [0.25, 0.3) is 0 Å². The number of ketones is 5. The van der Waals surface area contributed by atoms with Crippen molar-refractivity contribution in [2.24, 2.45) is 29.6 Å². The minimum absolute atomic E-state index is 0.00925. The summed E-state index contributed by atoms with van der Waals surface area (Å²) >= 11 is 0.831. The van der Waals surface area contributed by atoms with Crippen LogP contribution in [0, 0.1) is 71.1 Å². The molecule has 5 amide bonds. The Morgan fingerprint density at radius 2 is 0.721 bits per heavy atom. The second-order valence-electron chi connectivity index (χ2n) is 36.5. The van der Waals surface area contributed by atoms with Gasteiger partial charge in [0.2, 0.25) is 29.5 Å². The van der Waals surface area contributed by atoms with Gasteiger partial charge in [-0.3, -0.25) is 47.9 Å². The molecule has 5 aliphatic heterocycles. The number of hydrogen-bond acceptors (Lipinski definition) is 27. The third-order valence-corrected chi connectivity index (χ3v) is 24.0. The van der Waals surface area contributed by atoms with E-state index in [-0.39, 0.29) is 169 Å². The molecule has 14 N–H and O–H groups in total. The normalized spacial score (nSPS) is 17.5. The first-order valence-corrected chi connectivity index (χ1v) is 46.5. The molecule has 744 valence electrons. The Bertz CT molecular complexity index is 4710. The van der Waals surface area contributed by atoms with E-state index in [1.54, 1.807) is 28.8 Å². The Morgan fingerprint density at radius 3 is 1.01 bits per heavy atom. The molecule has 0 radical (unpaired) electrons. The standard InChI is InChI=1S/C19H25BFN3O4.C19H28BFN2O3.C18H25BF2N2O4.C17H24BF2N3O4.C16H23BF3N3O4S/c1-12(2)10-18(20(27)28)23-19(26)7-6-17(25)16-8-9-24(16)15-5-4-13(22-3)11-14(15)21;1-13(2)12-18(20(3)26)22-19(25)9-8-17(24)16-10-11-23(16)15-6-4-14(21)5-7-15;1-11(2)9-17(19(26)27)22-18(25)6-5-16(24)15-7-8-23(15)14-4-3-12(20)10-13(14)21;1-10(2)7-15(18(26)27)22-16(25)4-3-14(24)13-5-6-23(13)17-12(20)8-11(19)9-21-17;1-9(2)7-13(17(26)27)22-14(25)4-3-11(24)10-5-6-23(10)15-21-12(8-28-15)16(18,19)20/h4-5,11-12,16,18,27-28H,6-10H2,1-2H3,(H,23,26);4-7,13,16,18,26H,8-12H2,1-3H3,(H,22,25);3-4,10-11,15,17,26-27H,5-9H2,1-2H3,(H,22,25);8-10,13,15,26-27H,3-7H2,1-2H3,(H,22,25);8-10,13,26-27H,3-7H2,1-2H3,(H,22,25). The Hall–Kier alpha value is -10.0. The zero-order chi connectivity index (χ0) is 101. The Morgan fingerprint density at radius 1 is 0.412 bits per heavy atom. The van der Waals surface area contributed by atoms with Gasteiger partial charge in [0.15, 0.2) is 57.1 Å². The van der Waals surface area contributed by atoms with E-state index in [0.29, 0.717) is 96.0 Å². The maximum Gasteiger partial charge on any atom is 0.475 e. The van der Waals surface area contributed by atoms with Crippen molar-refractivity contribution in [1.82, 2.24) is 36.6 Å². The van der Waals surface area contributed by atoms with Crippen molar-refractivity contribution in [2.75, 3.05) is 57.2 Å². The molecule has 10 unspecified atom stereocenters. The zero-order valence-corrected chi connectivity index (χ0v) is 79.0. The van der Waals surface area contributed by atoms with Gasteiger partial charge in [0.05, 0.1) is 78.1 Å². The maximum atomic E-state index is 14.2. The second kappa shape index (κ2) is 54.9. The fourth-order valence-electron chi connectivity index (χ4n) is 15.6. The number of carbonyl (C=O) groups is 10. The van der Waals surface area contributed by atoms with E-state index in [1.165, 1.54) is 40.1 Å². The van der Waals surface area contributed by atoms with Crippen LogP contribution in [0.4, 0.5) is 73.2 Å². The average molecular weight is 1940 g/mol. The lowest BCUT2D eigenvalue weighted by Gasteiger charge is -2.42. The number of Topliss-reactive ketones (excluding diaryl/α,β-unsaturated/α-hetero) is 5. The smallest absolute Gasteiger partial charge is 0.449 e. The third-order valence-electron chi connectivity index (χ3n) is 23.2. The molecule has 5 saturated heterocycles. The summed E-state index contributed by atoms with van der Waals surface area (Å²) in [6, 6.07) is 11.7. The molecular formula is C89H125B5F9N13O19S. The van der Waals surface area contributed by atoms with E-state index in [1.807, 2.05) is 74.1 Å². The summed E-state index contributed by atoms with van der Waals surface area (Å²) in [5.74, 6) is -9.34. The van der Waals surface area contributed by atoms with Gasteiger partial charge in [-0.1, -0.05) is 82.1 Å². The van der Waals surface area contributed by atoms with Crippen LogP contribution >= 0.6 is 11.3 Å². The lowest BCUT2D eigenvalue weighted by molar-refractivity contribution is -0.140. The highest BCUT2D eigenvalue weighted by Crippen LogP contribution is 2.39. The van der Waals surface area contributed by atoms with Crippen molar-refractivity contribution in [3.63, 3.8) is 0 Å². The van der Waals surface area contributed by atoms with Crippen molar-refractivity contribution >= 4 is 139 Å². The first-order chi connectivity index (χ1) is 63.9. The van der Waals surface area contributed by atoms with Crippen LogP contribution in [-0.2, 0) is 54.1 Å². The first kappa shape index (κ1) is 115. The number of anilines is 5. The summed E-state index contributed by atoms with van der Waals surface area (Å²) in [5, 5.41) is 98.5. The summed E-state index contributed by atoms with van der Waals surface area (Å²) in [4.78, 5) is 141. The molecule has 3 aromatic carbocycles. The van der Waals surface area contributed by atoms with Gasteiger partial charge in [-0.25, -0.2) is 41.2 Å². The van der Waals surface area contributed by atoms with Crippen molar-refractivity contribution in [3.05, 3.63) is 130 Å². The molecule has 7 heterocycles. The minimum atomic E-state index is -4.53. The summed E-state index contributed by atoms with van der Waals surface area (Å²) in [6.45, 7) is 29.8. The highest BCUT2D eigenvalue weighted by Gasteiger charge is 2.43. The average Bonchev–Trinajstić information content (AvgIpc) is 1.19. The molecule has 10 rings (SSSR count). The van der Waals surface area contributed by atoms with Gasteiger partial charge in [0, 0.05) is 126 Å². The molecule has 0 aliphatic carbocycles. The number of thiazole rings is 1. The molecule has 136 heavy (non-hydrogen) atoms. The van der Waals surface area contributed by atoms with Crippen LogP contribution in [0.3, 0.4) is 0 Å². The van der Waals surface area contributed by atoms with Gasteiger partial charge >= 0.3 is 41.6 Å². The van der Waals surface area contributed by atoms with Crippen LogP contribution in [-0.4, -0.2) is 242 Å². The zero-order valence-electron chi connectivity index (χ0n) is 78.2. The summed E-state index contributed by atoms with van der Waals surface area (Å²) in [6.07, 6.45) is 1.21. The number of nitrogens with zero attached hydrogens (tertiary/aromatic N) is 8. The highest BCUT2D eigenvalue weighted by atomic mass is 32.1. The summed E-state index contributed by atoms with van der Waals surface area (Å²) in [5.41, 5.74) is 0.492. The van der Waals surface area contributed by atoms with Crippen LogP contribution in [0.5, 0.6) is 0 Å². The number of halogens is 9. The van der Waals surface area contributed by atoms with Gasteiger partial charge in [0.1, 0.15) is 29.1 Å². The first-order valence-electron chi connectivity index (χ1n) is 45.6. The predicted molar refractivity (Wildman–Crippen MR) is 498 cm³/mol. The van der Waals surface area contributed by atoms with Crippen molar-refractivity contribution in [2.45, 2.75) is 271 Å². The van der Waals surface area contributed by atoms with Crippen molar-refractivity contribution in [3.8, 4) is 0 Å². The van der Waals surface area contributed by atoms with Crippen molar-refractivity contribution < 1.29 is 133 Å². The van der Waals surface area contributed by atoms with Gasteiger partial charge < -0.3 is 96.3 Å². The Labute approximate surface area is 792 Å². The molecular weight excluding hydrogens is 1810 g/mol. The van der Waals surface area contributed by atoms with Crippen LogP contribution < -0.4 is 51.1 Å². The number of amides is 5. The van der Waals surface area contributed by atoms with E-state index < -0.39 is 148 Å². The molecule has 5 aromatic rings. The number of alkyl halides is 3. The SMILES string of the molecule is CB(O)C(CC(C)C)NC(=O)CCC(=O)C1CCN1c1ccc(F)cc1.CC(C)CC(NC(=O)CCC(=O)C1CCN1c1ccc(F)cc1F)B(O)O.CC(C)CC(NC(=O)CCC(=O)C1CCN1c1nc(C(F)(F)F)cs1)B(O)O.CC(C)CC(NC(=O)CCC(=O)C1CCN1c1ncc(F)cc1F)B(O)O.[C-]#[N+]c1ccc(N2CCC2C(=O)CCC(=O)NC(CC(C)C)B(O)O)c(F)c1. The number of hydrogen-bond donors (Lipinski definition) is 14. The topological polar surface area (TPSA) is 459 Å². The predicted octanol–water partition coefficient (Wildman–Crippen LogP) is 8.18.